The number of aliphatic hydroxyl groups is 1. The Morgan fingerprint density at radius 3 is 2.39 bits per heavy atom. The standard InChI is InChI=1S/C25H30N2O4/c1-5-31-25(29)18(3)8-15-24(28)22-16-23(19-9-6-17(2)7-10-19)27(26-22)20-11-13-21(30-4)14-12-20/h6-7,9-14,16,18,24,28H,5,8,15H2,1-4H3. The molecular formula is C25H30N2O4. The van der Waals surface area contributed by atoms with Gasteiger partial charge in [0.15, 0.2) is 0 Å². The fraction of sp³-hybridized carbons (Fsp3) is 0.360. The lowest BCUT2D eigenvalue weighted by molar-refractivity contribution is -0.147. The zero-order valence-electron chi connectivity index (χ0n) is 18.5. The van der Waals surface area contributed by atoms with Gasteiger partial charge < -0.3 is 14.6 Å². The van der Waals surface area contributed by atoms with Crippen molar-refractivity contribution in [2.75, 3.05) is 13.7 Å². The van der Waals surface area contributed by atoms with Crippen molar-refractivity contribution in [3.8, 4) is 22.7 Å². The lowest BCUT2D eigenvalue weighted by Gasteiger charge is -2.12. The van der Waals surface area contributed by atoms with Crippen LogP contribution in [0.25, 0.3) is 16.9 Å². The summed E-state index contributed by atoms with van der Waals surface area (Å²) in [4.78, 5) is 11.9. The molecule has 1 heterocycles. The second kappa shape index (κ2) is 10.3. The number of aliphatic hydroxyl groups excluding tert-OH is 1. The van der Waals surface area contributed by atoms with Crippen molar-refractivity contribution in [1.29, 1.82) is 0 Å². The van der Waals surface area contributed by atoms with E-state index in [0.29, 0.717) is 25.1 Å². The Bertz CT molecular complexity index is 993. The Morgan fingerprint density at radius 2 is 1.77 bits per heavy atom. The number of esters is 1. The minimum absolute atomic E-state index is 0.237. The molecule has 0 aliphatic carbocycles. The van der Waals surface area contributed by atoms with Gasteiger partial charge >= 0.3 is 5.97 Å². The van der Waals surface area contributed by atoms with Gasteiger partial charge in [-0.15, -0.1) is 0 Å². The van der Waals surface area contributed by atoms with E-state index in [0.717, 1.165) is 22.7 Å². The highest BCUT2D eigenvalue weighted by Gasteiger charge is 2.20. The smallest absolute Gasteiger partial charge is 0.308 e. The molecule has 1 aromatic heterocycles. The van der Waals surface area contributed by atoms with Gasteiger partial charge in [0.05, 0.1) is 42.8 Å². The van der Waals surface area contributed by atoms with E-state index in [1.807, 2.05) is 61.0 Å². The van der Waals surface area contributed by atoms with Crippen LogP contribution in [-0.2, 0) is 9.53 Å². The van der Waals surface area contributed by atoms with Crippen LogP contribution in [0, 0.1) is 12.8 Å². The number of hydrogen-bond donors (Lipinski definition) is 1. The maximum Gasteiger partial charge on any atom is 0.308 e. The SMILES string of the molecule is CCOC(=O)C(C)CCC(O)c1cc(-c2ccc(C)cc2)n(-c2ccc(OC)cc2)n1. The number of carbonyl (C=O) groups excluding carboxylic acids is 1. The van der Waals surface area contributed by atoms with Crippen molar-refractivity contribution in [1.82, 2.24) is 9.78 Å². The molecule has 0 bridgehead atoms. The second-order valence-electron chi connectivity index (χ2n) is 7.68. The highest BCUT2D eigenvalue weighted by atomic mass is 16.5. The third-order valence-electron chi connectivity index (χ3n) is 5.30. The topological polar surface area (TPSA) is 73.6 Å². The molecule has 0 saturated carbocycles. The molecule has 3 aromatic rings. The summed E-state index contributed by atoms with van der Waals surface area (Å²) in [5.41, 5.74) is 4.51. The molecule has 3 rings (SSSR count). The second-order valence-corrected chi connectivity index (χ2v) is 7.68. The summed E-state index contributed by atoms with van der Waals surface area (Å²) < 4.78 is 12.1. The van der Waals surface area contributed by atoms with E-state index < -0.39 is 6.10 Å². The van der Waals surface area contributed by atoms with Crippen LogP contribution in [0.15, 0.2) is 54.6 Å². The third-order valence-corrected chi connectivity index (χ3v) is 5.30. The largest absolute Gasteiger partial charge is 0.497 e. The third kappa shape index (κ3) is 5.52. The number of aryl methyl sites for hydroxylation is 1. The van der Waals surface area contributed by atoms with E-state index in [1.54, 1.807) is 14.0 Å². The van der Waals surface area contributed by atoms with Crippen molar-refractivity contribution in [3.05, 3.63) is 65.9 Å². The highest BCUT2D eigenvalue weighted by Crippen LogP contribution is 2.29. The van der Waals surface area contributed by atoms with Crippen LogP contribution in [0.3, 0.4) is 0 Å². The Kier molecular flexibility index (Phi) is 7.47. The molecule has 0 aliphatic heterocycles. The Morgan fingerprint density at radius 1 is 1.10 bits per heavy atom. The summed E-state index contributed by atoms with van der Waals surface area (Å²) in [7, 11) is 1.63. The molecule has 1 N–H and O–H groups in total. The number of ether oxygens (including phenoxy) is 2. The number of carbonyl (C=O) groups is 1. The van der Waals surface area contributed by atoms with E-state index in [-0.39, 0.29) is 11.9 Å². The van der Waals surface area contributed by atoms with Crippen LogP contribution < -0.4 is 4.74 Å². The minimum atomic E-state index is -0.777. The van der Waals surface area contributed by atoms with Gasteiger partial charge in [0.1, 0.15) is 5.75 Å². The van der Waals surface area contributed by atoms with Crippen molar-refractivity contribution in [2.24, 2.45) is 5.92 Å². The molecule has 0 radical (unpaired) electrons. The minimum Gasteiger partial charge on any atom is -0.497 e. The average molecular weight is 423 g/mol. The number of methoxy groups -OCH3 is 1. The quantitative estimate of drug-likeness (QED) is 0.498. The van der Waals surface area contributed by atoms with Crippen molar-refractivity contribution < 1.29 is 19.4 Å². The van der Waals surface area contributed by atoms with Gasteiger partial charge in [-0.05, 0) is 57.0 Å². The molecule has 6 nitrogen and oxygen atoms in total. The molecule has 2 unspecified atom stereocenters. The van der Waals surface area contributed by atoms with Gasteiger partial charge in [-0.2, -0.15) is 5.10 Å². The van der Waals surface area contributed by atoms with E-state index >= 15 is 0 Å². The summed E-state index contributed by atoms with van der Waals surface area (Å²) in [5, 5.41) is 15.5. The summed E-state index contributed by atoms with van der Waals surface area (Å²) in [6.45, 7) is 6.01. The first kappa shape index (κ1) is 22.6. The number of aromatic nitrogens is 2. The molecule has 0 aliphatic rings. The van der Waals surface area contributed by atoms with Gasteiger partial charge in [-0.1, -0.05) is 36.8 Å². The molecule has 31 heavy (non-hydrogen) atoms. The van der Waals surface area contributed by atoms with Gasteiger partial charge in [0.25, 0.3) is 0 Å². The average Bonchev–Trinajstić information content (AvgIpc) is 3.23. The summed E-state index contributed by atoms with van der Waals surface area (Å²) >= 11 is 0. The van der Waals surface area contributed by atoms with Gasteiger partial charge in [-0.25, -0.2) is 4.68 Å². The monoisotopic (exact) mass is 422 g/mol. The molecule has 0 spiro atoms. The van der Waals surface area contributed by atoms with Gasteiger partial charge in [-0.3, -0.25) is 4.79 Å². The Balaban J connectivity index is 1.89. The molecule has 2 atom stereocenters. The van der Waals surface area contributed by atoms with Crippen molar-refractivity contribution in [3.63, 3.8) is 0 Å². The lowest BCUT2D eigenvalue weighted by atomic mass is 10.0. The molecule has 0 fully saturated rings. The van der Waals surface area contributed by atoms with Gasteiger partial charge in [0, 0.05) is 5.56 Å². The summed E-state index contributed by atoms with van der Waals surface area (Å²) in [5.74, 6) is 0.259. The summed E-state index contributed by atoms with van der Waals surface area (Å²) in [6.07, 6.45) is 0.169. The number of rotatable bonds is 9. The summed E-state index contributed by atoms with van der Waals surface area (Å²) in [6, 6.07) is 17.7. The molecule has 6 heteroatoms. The first-order valence-corrected chi connectivity index (χ1v) is 10.6. The zero-order valence-corrected chi connectivity index (χ0v) is 18.5. The van der Waals surface area contributed by atoms with Crippen LogP contribution >= 0.6 is 0 Å². The predicted molar refractivity (Wildman–Crippen MR) is 120 cm³/mol. The van der Waals surface area contributed by atoms with Crippen LogP contribution in [0.4, 0.5) is 0 Å². The molecule has 0 saturated heterocycles. The first-order valence-electron chi connectivity index (χ1n) is 10.6. The Hall–Kier alpha value is -3.12. The van der Waals surface area contributed by atoms with E-state index in [4.69, 9.17) is 14.6 Å². The maximum atomic E-state index is 11.9. The predicted octanol–water partition coefficient (Wildman–Crippen LogP) is 4.87. The molecule has 164 valence electrons. The first-order chi connectivity index (χ1) is 14.9. The highest BCUT2D eigenvalue weighted by molar-refractivity contribution is 5.71. The van der Waals surface area contributed by atoms with Crippen LogP contribution in [0.1, 0.15) is 44.1 Å². The number of benzene rings is 2. The Labute approximate surface area is 183 Å². The zero-order chi connectivity index (χ0) is 22.4. The number of hydrogen-bond acceptors (Lipinski definition) is 5. The fourth-order valence-corrected chi connectivity index (χ4v) is 3.37. The molecular weight excluding hydrogens is 392 g/mol. The maximum absolute atomic E-state index is 11.9. The lowest BCUT2D eigenvalue weighted by Crippen LogP contribution is -2.15. The van der Waals surface area contributed by atoms with Crippen LogP contribution in [0.2, 0.25) is 0 Å². The van der Waals surface area contributed by atoms with Crippen LogP contribution in [-0.4, -0.2) is 34.6 Å². The van der Waals surface area contributed by atoms with Crippen molar-refractivity contribution >= 4 is 5.97 Å². The normalized spacial score (nSPS) is 12.9. The van der Waals surface area contributed by atoms with Crippen molar-refractivity contribution in [2.45, 2.75) is 39.7 Å². The van der Waals surface area contributed by atoms with E-state index in [9.17, 15) is 9.90 Å². The van der Waals surface area contributed by atoms with Gasteiger partial charge in [0.2, 0.25) is 0 Å². The molecule has 2 aromatic carbocycles. The van der Waals surface area contributed by atoms with Crippen LogP contribution in [0.5, 0.6) is 5.75 Å². The van der Waals surface area contributed by atoms with E-state index in [1.165, 1.54) is 5.56 Å². The number of nitrogens with zero attached hydrogens (tertiary/aromatic N) is 2. The fourth-order valence-electron chi connectivity index (χ4n) is 3.37. The molecule has 0 amide bonds. The van der Waals surface area contributed by atoms with E-state index in [2.05, 4.69) is 12.1 Å².